The van der Waals surface area contributed by atoms with Crippen molar-refractivity contribution >= 4 is 80.7 Å². The minimum Gasteiger partial charge on any atom is -0.744 e. The van der Waals surface area contributed by atoms with Gasteiger partial charge in [-0.25, -0.2) is 16.8 Å². The monoisotopic (exact) mass is 1090 g/mol. The van der Waals surface area contributed by atoms with Crippen LogP contribution in [0.1, 0.15) is 230 Å². The van der Waals surface area contributed by atoms with Crippen molar-refractivity contribution < 1.29 is 25.9 Å². The molecule has 0 aliphatic carbocycles. The van der Waals surface area contributed by atoms with Crippen molar-refractivity contribution in [1.29, 1.82) is 0 Å². The van der Waals surface area contributed by atoms with Crippen LogP contribution in [-0.2, 0) is 33.3 Å². The Balaban J connectivity index is 0.000000320. The number of fused-ring (bicyclic) bond motifs is 2. The van der Waals surface area contributed by atoms with E-state index in [1.54, 1.807) is 12.1 Å². The summed E-state index contributed by atoms with van der Waals surface area (Å²) in [6.45, 7) is 5.68. The minimum absolute atomic E-state index is 0. The van der Waals surface area contributed by atoms with E-state index in [2.05, 4.69) is 34.3 Å². The largest absolute Gasteiger partial charge is 2.00 e. The van der Waals surface area contributed by atoms with Gasteiger partial charge < -0.3 is 29.5 Å². The van der Waals surface area contributed by atoms with Gasteiger partial charge in [-0.05, 0) is 61.1 Å². The van der Waals surface area contributed by atoms with Crippen molar-refractivity contribution in [2.45, 2.75) is 255 Å². The second-order valence-electron chi connectivity index (χ2n) is 21.2. The standard InChI is InChI=1S/2C31H48N2O3S.Ca/c2*1-2-3-4-5-6-7-8-9-10-11-12-13-14-15-19-25-30-32-28-23-20-24-29(37(34,35)36)31(28)33(30)26-27-21-17-16-18-22-27;/h2*16-18,20-24,30,32H,2-15,19,25-26H2,1H3,(H,34,35,36);/q;;+2/p-2. The summed E-state index contributed by atoms with van der Waals surface area (Å²) in [7, 11) is -9.12. The molecule has 0 bridgehead atoms. The molecule has 0 radical (unpaired) electrons. The second-order valence-corrected chi connectivity index (χ2v) is 23.9. The van der Waals surface area contributed by atoms with E-state index >= 15 is 0 Å². The molecule has 0 spiro atoms. The molecule has 412 valence electrons. The second kappa shape index (κ2) is 37.1. The van der Waals surface area contributed by atoms with Crippen molar-refractivity contribution in [3.8, 4) is 0 Å². The van der Waals surface area contributed by atoms with E-state index in [4.69, 9.17) is 0 Å². The van der Waals surface area contributed by atoms with Crippen molar-refractivity contribution in [2.75, 3.05) is 20.4 Å². The number of nitrogens with zero attached hydrogens (tertiary/aromatic N) is 2. The normalized spacial score (nSPS) is 14.9. The van der Waals surface area contributed by atoms with E-state index in [-0.39, 0.29) is 59.9 Å². The van der Waals surface area contributed by atoms with Crippen LogP contribution in [0.5, 0.6) is 0 Å². The van der Waals surface area contributed by atoms with Crippen LogP contribution in [0.15, 0.2) is 107 Å². The van der Waals surface area contributed by atoms with Gasteiger partial charge in [0.1, 0.15) is 20.2 Å². The molecule has 2 atom stereocenters. The molecule has 2 heterocycles. The van der Waals surface area contributed by atoms with Gasteiger partial charge in [0.15, 0.2) is 0 Å². The number of para-hydroxylation sites is 2. The zero-order valence-corrected chi connectivity index (χ0v) is 50.1. The fourth-order valence-electron chi connectivity index (χ4n) is 10.9. The van der Waals surface area contributed by atoms with E-state index in [0.717, 1.165) is 48.2 Å². The first-order valence-electron chi connectivity index (χ1n) is 29.3. The molecule has 0 saturated carbocycles. The molecule has 10 nitrogen and oxygen atoms in total. The van der Waals surface area contributed by atoms with Gasteiger partial charge in [-0.2, -0.15) is 0 Å². The Labute approximate surface area is 485 Å². The van der Waals surface area contributed by atoms with Crippen LogP contribution in [0.2, 0.25) is 0 Å². The quantitative estimate of drug-likeness (QED) is 0.0253. The average Bonchev–Trinajstić information content (AvgIpc) is 3.92. The molecule has 0 amide bonds. The molecule has 0 fully saturated rings. The summed E-state index contributed by atoms with van der Waals surface area (Å²) in [4.78, 5) is 3.87. The summed E-state index contributed by atoms with van der Waals surface area (Å²) in [6.07, 6.45) is 41.8. The van der Waals surface area contributed by atoms with Gasteiger partial charge in [0, 0.05) is 13.1 Å². The number of rotatable bonds is 38. The Kier molecular flexibility index (Phi) is 32.0. The maximum atomic E-state index is 12.0. The number of nitrogens with one attached hydrogen (secondary N) is 2. The van der Waals surface area contributed by atoms with Gasteiger partial charge in [0.2, 0.25) is 0 Å². The first-order valence-corrected chi connectivity index (χ1v) is 32.1. The van der Waals surface area contributed by atoms with Crippen molar-refractivity contribution in [1.82, 2.24) is 0 Å². The van der Waals surface area contributed by atoms with Crippen molar-refractivity contribution in [3.63, 3.8) is 0 Å². The molecule has 6 rings (SSSR count). The third-order valence-corrected chi connectivity index (χ3v) is 16.8. The molecule has 0 aromatic heterocycles. The Morgan fingerprint density at radius 3 is 0.907 bits per heavy atom. The Hall–Kier alpha value is -2.84. The molecule has 0 saturated heterocycles. The average molecular weight is 1100 g/mol. The zero-order valence-electron chi connectivity index (χ0n) is 46.3. The van der Waals surface area contributed by atoms with Crippen LogP contribution in [0.25, 0.3) is 0 Å². The van der Waals surface area contributed by atoms with E-state index in [0.29, 0.717) is 24.5 Å². The SMILES string of the molecule is CCCCCCCCCCCCCCCCCC1Nc2cccc(S(=O)(=O)[O-])c2N1Cc1ccccc1.CCCCCCCCCCCCCCCCCC1Nc2cccc(S(=O)(=O)[O-])c2N1Cc1ccccc1.[Ca+2]. The molecule has 75 heavy (non-hydrogen) atoms. The van der Waals surface area contributed by atoms with Gasteiger partial charge in [-0.15, -0.1) is 0 Å². The number of anilines is 4. The fourth-order valence-corrected chi connectivity index (χ4v) is 12.3. The predicted octanol–water partition coefficient (Wildman–Crippen LogP) is 16.8. The van der Waals surface area contributed by atoms with Crippen LogP contribution < -0.4 is 20.4 Å². The summed E-state index contributed by atoms with van der Waals surface area (Å²) in [5.41, 5.74) is 4.70. The van der Waals surface area contributed by atoms with E-state index in [9.17, 15) is 25.9 Å². The van der Waals surface area contributed by atoms with E-state index in [1.165, 1.54) is 192 Å². The summed E-state index contributed by atoms with van der Waals surface area (Å²) in [6, 6.07) is 29.9. The third kappa shape index (κ3) is 24.0. The number of hydrogen-bond donors (Lipinski definition) is 2. The van der Waals surface area contributed by atoms with Crippen LogP contribution in [0.3, 0.4) is 0 Å². The van der Waals surface area contributed by atoms with Crippen LogP contribution in [0.4, 0.5) is 22.7 Å². The Morgan fingerprint density at radius 1 is 0.373 bits per heavy atom. The Morgan fingerprint density at radius 2 is 0.640 bits per heavy atom. The summed E-state index contributed by atoms with van der Waals surface area (Å²) >= 11 is 0. The summed E-state index contributed by atoms with van der Waals surface area (Å²) in [5.74, 6) is 0. The predicted molar refractivity (Wildman–Crippen MR) is 314 cm³/mol. The molecule has 4 aromatic rings. The van der Waals surface area contributed by atoms with Gasteiger partial charge in [0.25, 0.3) is 0 Å². The summed E-state index contributed by atoms with van der Waals surface area (Å²) < 4.78 is 72.0. The van der Waals surface area contributed by atoms with E-state index in [1.807, 2.05) is 72.8 Å². The molecular formula is C62H94CaN4O6S2. The van der Waals surface area contributed by atoms with Gasteiger partial charge in [-0.1, -0.05) is 266 Å². The first kappa shape index (κ1) is 64.7. The maximum absolute atomic E-state index is 12.0. The zero-order chi connectivity index (χ0) is 52.7. The van der Waals surface area contributed by atoms with Gasteiger partial charge in [-0.3, -0.25) is 0 Å². The van der Waals surface area contributed by atoms with Gasteiger partial charge >= 0.3 is 37.7 Å². The molecular weight excluding hydrogens is 1000 g/mol. The van der Waals surface area contributed by atoms with Crippen LogP contribution >= 0.6 is 0 Å². The van der Waals surface area contributed by atoms with Crippen molar-refractivity contribution in [3.05, 3.63) is 108 Å². The Bertz CT molecular complexity index is 2190. The number of hydrogen-bond acceptors (Lipinski definition) is 10. The van der Waals surface area contributed by atoms with E-state index < -0.39 is 20.2 Å². The van der Waals surface area contributed by atoms with Crippen LogP contribution in [-0.4, -0.2) is 76.0 Å². The molecule has 2 N–H and O–H groups in total. The van der Waals surface area contributed by atoms with Crippen LogP contribution in [0, 0.1) is 0 Å². The molecule has 4 aromatic carbocycles. The number of unbranched alkanes of at least 4 members (excludes halogenated alkanes) is 28. The minimum atomic E-state index is -4.56. The third-order valence-electron chi connectivity index (χ3n) is 15.1. The topological polar surface area (TPSA) is 145 Å². The van der Waals surface area contributed by atoms with Gasteiger partial charge in [0.05, 0.1) is 44.9 Å². The smallest absolute Gasteiger partial charge is 0.744 e. The molecule has 2 aliphatic heterocycles. The maximum Gasteiger partial charge on any atom is 2.00 e. The summed E-state index contributed by atoms with van der Waals surface area (Å²) in [5, 5.41) is 6.98. The molecule has 13 heteroatoms. The van der Waals surface area contributed by atoms with Crippen molar-refractivity contribution in [2.24, 2.45) is 0 Å². The number of benzene rings is 4. The molecule has 2 unspecified atom stereocenters. The molecule has 2 aliphatic rings. The first-order chi connectivity index (χ1) is 36.0. The fraction of sp³-hybridized carbons (Fsp3) is 0.613.